The Morgan fingerprint density at radius 2 is 1.78 bits per heavy atom. The molecule has 0 bridgehead atoms. The van der Waals surface area contributed by atoms with Crippen LogP contribution in [0.3, 0.4) is 0 Å². The first-order valence-electron chi connectivity index (χ1n) is 8.99. The Kier molecular flexibility index (Phi) is 5.04. The first-order valence-corrected chi connectivity index (χ1v) is 8.99. The molecular formula is C22H24N2O3. The zero-order valence-corrected chi connectivity index (χ0v) is 15.7. The molecule has 1 amide bonds. The summed E-state index contributed by atoms with van der Waals surface area (Å²) < 4.78 is 0. The van der Waals surface area contributed by atoms with E-state index in [1.54, 1.807) is 38.1 Å². The fourth-order valence-electron chi connectivity index (χ4n) is 3.20. The van der Waals surface area contributed by atoms with Gasteiger partial charge in [-0.2, -0.15) is 0 Å². The van der Waals surface area contributed by atoms with Crippen LogP contribution in [0.15, 0.2) is 54.7 Å². The lowest BCUT2D eigenvalue weighted by Gasteiger charge is -2.20. The molecule has 2 aromatic carbocycles. The van der Waals surface area contributed by atoms with Crippen molar-refractivity contribution in [3.8, 4) is 0 Å². The summed E-state index contributed by atoms with van der Waals surface area (Å²) >= 11 is 0. The van der Waals surface area contributed by atoms with Crippen LogP contribution in [-0.4, -0.2) is 22.0 Å². The summed E-state index contributed by atoms with van der Waals surface area (Å²) in [4.78, 5) is 27.0. The number of benzene rings is 2. The number of anilines is 1. The maximum atomic E-state index is 12.4. The average molecular weight is 364 g/mol. The molecule has 3 aromatic rings. The minimum absolute atomic E-state index is 0.0713. The van der Waals surface area contributed by atoms with Gasteiger partial charge in [-0.15, -0.1) is 0 Å². The molecule has 1 atom stereocenters. The number of hydrogen-bond acceptors (Lipinski definition) is 2. The number of aliphatic carboxylic acids is 1. The second-order valence-corrected chi connectivity index (χ2v) is 7.45. The monoisotopic (exact) mass is 364 g/mol. The summed E-state index contributed by atoms with van der Waals surface area (Å²) in [5.74, 6) is -0.878. The highest BCUT2D eigenvalue weighted by Gasteiger charge is 2.29. The maximum absolute atomic E-state index is 12.4. The van der Waals surface area contributed by atoms with Crippen molar-refractivity contribution in [2.45, 2.75) is 38.5 Å². The van der Waals surface area contributed by atoms with Gasteiger partial charge in [0, 0.05) is 29.2 Å². The highest BCUT2D eigenvalue weighted by atomic mass is 16.4. The van der Waals surface area contributed by atoms with Crippen molar-refractivity contribution >= 4 is 28.5 Å². The van der Waals surface area contributed by atoms with Crippen LogP contribution in [0.25, 0.3) is 10.9 Å². The fraction of sp³-hybridized carbons (Fsp3) is 0.273. The lowest BCUT2D eigenvalue weighted by molar-refractivity contribution is -0.142. The first-order chi connectivity index (χ1) is 12.8. The summed E-state index contributed by atoms with van der Waals surface area (Å²) in [5, 5.41) is 13.3. The zero-order chi connectivity index (χ0) is 19.6. The standard InChI is InChI=1S/C22H24N2O3/c1-14(18-13-23-19-7-5-4-6-17(18)19)12-20(25)24-16-10-8-15(9-11-16)22(2,3)21(26)27/h4-11,13-14,23H,12H2,1-3H3,(H,24,25)(H,26,27). The van der Waals surface area contributed by atoms with Crippen LogP contribution in [-0.2, 0) is 15.0 Å². The Bertz CT molecular complexity index is 971. The van der Waals surface area contributed by atoms with Crippen LogP contribution < -0.4 is 5.32 Å². The van der Waals surface area contributed by atoms with Gasteiger partial charge < -0.3 is 15.4 Å². The molecule has 5 nitrogen and oxygen atoms in total. The molecule has 1 heterocycles. The molecule has 0 spiro atoms. The average Bonchev–Trinajstić information content (AvgIpc) is 3.06. The number of rotatable bonds is 6. The predicted molar refractivity (Wildman–Crippen MR) is 107 cm³/mol. The van der Waals surface area contributed by atoms with E-state index in [9.17, 15) is 14.7 Å². The summed E-state index contributed by atoms with van der Waals surface area (Å²) in [6.45, 7) is 5.35. The van der Waals surface area contributed by atoms with Crippen LogP contribution in [0.2, 0.25) is 0 Å². The Hall–Kier alpha value is -3.08. The molecule has 0 aliphatic carbocycles. The van der Waals surface area contributed by atoms with Crippen molar-refractivity contribution in [3.05, 3.63) is 65.9 Å². The Morgan fingerprint density at radius 3 is 2.44 bits per heavy atom. The summed E-state index contributed by atoms with van der Waals surface area (Å²) in [6, 6.07) is 15.0. The zero-order valence-electron chi connectivity index (χ0n) is 15.7. The summed E-state index contributed by atoms with van der Waals surface area (Å²) in [5.41, 5.74) is 2.58. The van der Waals surface area contributed by atoms with E-state index in [4.69, 9.17) is 0 Å². The molecule has 0 radical (unpaired) electrons. The molecule has 0 fully saturated rings. The summed E-state index contributed by atoms with van der Waals surface area (Å²) in [7, 11) is 0. The second-order valence-electron chi connectivity index (χ2n) is 7.45. The van der Waals surface area contributed by atoms with Gasteiger partial charge >= 0.3 is 5.97 Å². The van der Waals surface area contributed by atoms with Crippen LogP contribution in [0.5, 0.6) is 0 Å². The van der Waals surface area contributed by atoms with Gasteiger partial charge in [0.25, 0.3) is 0 Å². The van der Waals surface area contributed by atoms with Gasteiger partial charge in [0.15, 0.2) is 0 Å². The van der Waals surface area contributed by atoms with Gasteiger partial charge in [-0.3, -0.25) is 9.59 Å². The molecule has 1 aromatic heterocycles. The van der Waals surface area contributed by atoms with Crippen molar-refractivity contribution in [1.82, 2.24) is 4.98 Å². The quantitative estimate of drug-likeness (QED) is 0.595. The number of para-hydroxylation sites is 1. The van der Waals surface area contributed by atoms with Gasteiger partial charge in [-0.25, -0.2) is 0 Å². The second kappa shape index (κ2) is 7.27. The predicted octanol–water partition coefficient (Wildman–Crippen LogP) is 4.66. The molecule has 1 unspecified atom stereocenters. The number of aromatic nitrogens is 1. The van der Waals surface area contributed by atoms with E-state index in [1.165, 1.54) is 0 Å². The van der Waals surface area contributed by atoms with Crippen LogP contribution in [0.4, 0.5) is 5.69 Å². The van der Waals surface area contributed by atoms with Crippen molar-refractivity contribution < 1.29 is 14.7 Å². The van der Waals surface area contributed by atoms with Gasteiger partial charge in [-0.1, -0.05) is 37.3 Å². The number of fused-ring (bicyclic) bond motifs is 1. The van der Waals surface area contributed by atoms with Gasteiger partial charge in [0.2, 0.25) is 5.91 Å². The molecule has 0 saturated carbocycles. The van der Waals surface area contributed by atoms with E-state index in [0.717, 1.165) is 16.5 Å². The third kappa shape index (κ3) is 3.87. The molecule has 0 aliphatic rings. The Labute approximate surface area is 158 Å². The Balaban J connectivity index is 1.66. The molecule has 0 saturated heterocycles. The molecule has 140 valence electrons. The van der Waals surface area contributed by atoms with Crippen LogP contribution in [0.1, 0.15) is 44.2 Å². The molecule has 3 N–H and O–H groups in total. The van der Waals surface area contributed by atoms with Gasteiger partial charge in [-0.05, 0) is 49.1 Å². The first kappa shape index (κ1) is 18.7. The molecular weight excluding hydrogens is 340 g/mol. The largest absolute Gasteiger partial charge is 0.481 e. The van der Waals surface area contributed by atoms with Crippen molar-refractivity contribution in [2.24, 2.45) is 0 Å². The minimum Gasteiger partial charge on any atom is -0.481 e. The maximum Gasteiger partial charge on any atom is 0.313 e. The molecule has 3 rings (SSSR count). The summed E-state index contributed by atoms with van der Waals surface area (Å²) in [6.07, 6.45) is 2.33. The van der Waals surface area contributed by atoms with Crippen molar-refractivity contribution in [3.63, 3.8) is 0 Å². The number of nitrogens with one attached hydrogen (secondary N) is 2. The Morgan fingerprint density at radius 1 is 1.11 bits per heavy atom. The van der Waals surface area contributed by atoms with Crippen LogP contribution in [0, 0.1) is 0 Å². The van der Waals surface area contributed by atoms with Gasteiger partial charge in [0.05, 0.1) is 5.41 Å². The molecule has 5 heteroatoms. The third-order valence-corrected chi connectivity index (χ3v) is 5.07. The number of amides is 1. The fourth-order valence-corrected chi connectivity index (χ4v) is 3.20. The van der Waals surface area contributed by atoms with Crippen LogP contribution >= 0.6 is 0 Å². The highest BCUT2D eigenvalue weighted by Crippen LogP contribution is 2.28. The molecule has 0 aliphatic heterocycles. The number of hydrogen-bond donors (Lipinski definition) is 3. The lowest BCUT2D eigenvalue weighted by atomic mass is 9.85. The van der Waals surface area contributed by atoms with E-state index in [0.29, 0.717) is 17.7 Å². The van der Waals surface area contributed by atoms with Crippen molar-refractivity contribution in [2.75, 3.05) is 5.32 Å². The smallest absolute Gasteiger partial charge is 0.313 e. The SMILES string of the molecule is CC(CC(=O)Nc1ccc(C(C)(C)C(=O)O)cc1)c1c[nH]c2ccccc12. The highest BCUT2D eigenvalue weighted by molar-refractivity contribution is 5.92. The van der Waals surface area contributed by atoms with E-state index >= 15 is 0 Å². The van der Waals surface area contributed by atoms with E-state index in [-0.39, 0.29) is 11.8 Å². The third-order valence-electron chi connectivity index (χ3n) is 5.07. The number of carboxylic acid groups (broad SMARTS) is 1. The normalized spacial score (nSPS) is 12.7. The van der Waals surface area contributed by atoms with E-state index < -0.39 is 11.4 Å². The van der Waals surface area contributed by atoms with E-state index in [2.05, 4.69) is 16.4 Å². The molecule has 27 heavy (non-hydrogen) atoms. The van der Waals surface area contributed by atoms with Gasteiger partial charge in [0.1, 0.15) is 0 Å². The number of aromatic amines is 1. The lowest BCUT2D eigenvalue weighted by Crippen LogP contribution is -2.28. The number of carboxylic acids is 1. The van der Waals surface area contributed by atoms with E-state index in [1.807, 2.05) is 31.3 Å². The number of carbonyl (C=O) groups is 2. The number of carbonyl (C=O) groups excluding carboxylic acids is 1. The number of H-pyrrole nitrogens is 1. The minimum atomic E-state index is -0.966. The topological polar surface area (TPSA) is 82.2 Å². The van der Waals surface area contributed by atoms with Crippen molar-refractivity contribution in [1.29, 1.82) is 0 Å².